The normalized spacial score (nSPS) is 12.5. The van der Waals surface area contributed by atoms with Crippen LogP contribution < -0.4 is 5.73 Å². The average molecular weight is 273 g/mol. The van der Waals surface area contributed by atoms with Gasteiger partial charge >= 0.3 is 0 Å². The Morgan fingerprint density at radius 2 is 1.95 bits per heavy atom. The van der Waals surface area contributed by atoms with Crippen molar-refractivity contribution < 1.29 is 4.52 Å². The molecule has 0 saturated carbocycles. The fourth-order valence-electron chi connectivity index (χ4n) is 2.16. The minimum atomic E-state index is -0.125. The molecule has 2 rings (SSSR count). The summed E-state index contributed by atoms with van der Waals surface area (Å²) in [7, 11) is 0. The predicted octanol–water partition coefficient (Wildman–Crippen LogP) is 3.43. The number of nitrogens with zero attached hydrogens (tertiary/aromatic N) is 2. The molecule has 108 valence electrons. The number of rotatable bonds is 8. The number of hydrogen-bond acceptors (Lipinski definition) is 4. The minimum Gasteiger partial charge on any atom is -0.338 e. The van der Waals surface area contributed by atoms with Crippen molar-refractivity contribution in [3.63, 3.8) is 0 Å². The molecule has 0 amide bonds. The highest BCUT2D eigenvalue weighted by Gasteiger charge is 2.14. The van der Waals surface area contributed by atoms with E-state index < -0.39 is 0 Å². The maximum atomic E-state index is 6.06. The van der Waals surface area contributed by atoms with Gasteiger partial charge in [0.25, 0.3) is 0 Å². The van der Waals surface area contributed by atoms with E-state index in [4.69, 9.17) is 10.3 Å². The lowest BCUT2D eigenvalue weighted by Gasteiger charge is -2.04. The van der Waals surface area contributed by atoms with E-state index in [9.17, 15) is 0 Å². The van der Waals surface area contributed by atoms with Gasteiger partial charge in [-0.2, -0.15) is 4.98 Å². The number of nitrogens with two attached hydrogens (primary N) is 1. The predicted molar refractivity (Wildman–Crippen MR) is 79.2 cm³/mol. The maximum Gasteiger partial charge on any atom is 0.243 e. The second kappa shape index (κ2) is 7.80. The highest BCUT2D eigenvalue weighted by Crippen LogP contribution is 2.16. The van der Waals surface area contributed by atoms with Crippen molar-refractivity contribution in [3.8, 4) is 0 Å². The molecule has 0 fully saturated rings. The lowest BCUT2D eigenvalue weighted by molar-refractivity contribution is 0.342. The van der Waals surface area contributed by atoms with E-state index in [-0.39, 0.29) is 6.04 Å². The van der Waals surface area contributed by atoms with E-state index in [2.05, 4.69) is 29.2 Å². The van der Waals surface area contributed by atoms with E-state index in [1.807, 2.05) is 18.2 Å². The molecule has 0 spiro atoms. The number of benzene rings is 1. The van der Waals surface area contributed by atoms with Crippen molar-refractivity contribution in [2.24, 2.45) is 5.73 Å². The van der Waals surface area contributed by atoms with Gasteiger partial charge in [-0.1, -0.05) is 61.7 Å². The van der Waals surface area contributed by atoms with Crippen molar-refractivity contribution in [2.45, 2.75) is 51.5 Å². The van der Waals surface area contributed by atoms with Crippen molar-refractivity contribution in [3.05, 3.63) is 47.6 Å². The molecule has 4 heteroatoms. The third-order valence-electron chi connectivity index (χ3n) is 3.40. The van der Waals surface area contributed by atoms with Crippen molar-refractivity contribution in [2.75, 3.05) is 0 Å². The monoisotopic (exact) mass is 273 g/mol. The van der Waals surface area contributed by atoms with E-state index in [0.29, 0.717) is 5.89 Å². The molecule has 0 aliphatic rings. The first kappa shape index (κ1) is 14.7. The zero-order chi connectivity index (χ0) is 14.2. The van der Waals surface area contributed by atoms with Crippen LogP contribution in [-0.2, 0) is 12.8 Å². The van der Waals surface area contributed by atoms with Crippen LogP contribution in [0.4, 0.5) is 0 Å². The van der Waals surface area contributed by atoms with Gasteiger partial charge in [-0.3, -0.25) is 0 Å². The third-order valence-corrected chi connectivity index (χ3v) is 3.40. The average Bonchev–Trinajstić information content (AvgIpc) is 2.95. The largest absolute Gasteiger partial charge is 0.338 e. The summed E-state index contributed by atoms with van der Waals surface area (Å²) in [5.41, 5.74) is 7.34. The molecule has 0 aliphatic heterocycles. The molecule has 2 N–H and O–H groups in total. The van der Waals surface area contributed by atoms with Crippen molar-refractivity contribution >= 4 is 0 Å². The van der Waals surface area contributed by atoms with Crippen LogP contribution in [-0.4, -0.2) is 10.1 Å². The molecule has 4 nitrogen and oxygen atoms in total. The molecule has 2 aromatic rings. The first-order chi connectivity index (χ1) is 9.79. The van der Waals surface area contributed by atoms with Crippen molar-refractivity contribution in [1.82, 2.24) is 10.1 Å². The fourth-order valence-corrected chi connectivity index (χ4v) is 2.16. The summed E-state index contributed by atoms with van der Waals surface area (Å²) in [5.74, 6) is 1.32. The van der Waals surface area contributed by atoms with Crippen LogP contribution >= 0.6 is 0 Å². The molecule has 1 heterocycles. The molecule has 0 unspecified atom stereocenters. The summed E-state index contributed by atoms with van der Waals surface area (Å²) in [6, 6.07) is 10.2. The van der Waals surface area contributed by atoms with Crippen LogP contribution in [0.3, 0.4) is 0 Å². The molecular formula is C16H23N3O. The zero-order valence-electron chi connectivity index (χ0n) is 12.1. The van der Waals surface area contributed by atoms with Gasteiger partial charge in [0.05, 0.1) is 6.04 Å². The minimum absolute atomic E-state index is 0.125. The lowest BCUT2D eigenvalue weighted by Crippen LogP contribution is -2.10. The maximum absolute atomic E-state index is 6.06. The van der Waals surface area contributed by atoms with Crippen molar-refractivity contribution in [1.29, 1.82) is 0 Å². The molecule has 0 bridgehead atoms. The van der Waals surface area contributed by atoms with Crippen LogP contribution in [0.2, 0.25) is 0 Å². The molecule has 0 aliphatic carbocycles. The topological polar surface area (TPSA) is 64.9 Å². The Morgan fingerprint density at radius 1 is 1.15 bits per heavy atom. The Kier molecular flexibility index (Phi) is 5.74. The second-order valence-electron chi connectivity index (χ2n) is 5.14. The van der Waals surface area contributed by atoms with Gasteiger partial charge in [-0.25, -0.2) is 0 Å². The summed E-state index contributed by atoms with van der Waals surface area (Å²) in [4.78, 5) is 4.40. The van der Waals surface area contributed by atoms with Crippen LogP contribution in [0.1, 0.15) is 55.9 Å². The molecule has 20 heavy (non-hydrogen) atoms. The molecule has 1 aromatic carbocycles. The highest BCUT2D eigenvalue weighted by atomic mass is 16.5. The zero-order valence-corrected chi connectivity index (χ0v) is 12.1. The number of hydrogen-bond donors (Lipinski definition) is 1. The first-order valence-electron chi connectivity index (χ1n) is 7.41. The van der Waals surface area contributed by atoms with Crippen LogP contribution in [0.25, 0.3) is 0 Å². The molecule has 0 radical (unpaired) electrons. The Morgan fingerprint density at radius 3 is 2.70 bits per heavy atom. The number of aromatic nitrogens is 2. The Balaban J connectivity index is 1.82. The Hall–Kier alpha value is -1.68. The number of aryl methyl sites for hydroxylation is 2. The standard InChI is InChI=1S/C16H23N3O/c1-2-3-5-10-14(17)16-18-15(19-20-16)12-11-13-8-6-4-7-9-13/h4,6-9,14H,2-3,5,10-12,17H2,1H3/t14-/m0/s1. The summed E-state index contributed by atoms with van der Waals surface area (Å²) < 4.78 is 5.26. The second-order valence-corrected chi connectivity index (χ2v) is 5.14. The molecular weight excluding hydrogens is 250 g/mol. The molecule has 0 saturated heterocycles. The first-order valence-corrected chi connectivity index (χ1v) is 7.41. The van der Waals surface area contributed by atoms with Gasteiger partial charge in [0.15, 0.2) is 5.82 Å². The number of unbranched alkanes of at least 4 members (excludes halogenated alkanes) is 2. The van der Waals surface area contributed by atoms with Gasteiger partial charge in [0, 0.05) is 6.42 Å². The fraction of sp³-hybridized carbons (Fsp3) is 0.500. The Labute approximate surface area is 120 Å². The van der Waals surface area contributed by atoms with Gasteiger partial charge in [0.2, 0.25) is 5.89 Å². The molecule has 1 aromatic heterocycles. The smallest absolute Gasteiger partial charge is 0.243 e. The SMILES string of the molecule is CCCCC[C@H](N)c1nc(CCc2ccccc2)no1. The lowest BCUT2D eigenvalue weighted by atomic mass is 10.1. The van der Waals surface area contributed by atoms with Gasteiger partial charge in [-0.05, 0) is 18.4 Å². The highest BCUT2D eigenvalue weighted by molar-refractivity contribution is 5.15. The van der Waals surface area contributed by atoms with Crippen LogP contribution in [0.5, 0.6) is 0 Å². The van der Waals surface area contributed by atoms with Gasteiger partial charge in [0.1, 0.15) is 0 Å². The summed E-state index contributed by atoms with van der Waals surface area (Å²) >= 11 is 0. The van der Waals surface area contributed by atoms with E-state index in [1.54, 1.807) is 0 Å². The summed E-state index contributed by atoms with van der Waals surface area (Å²) in [6.45, 7) is 2.18. The van der Waals surface area contributed by atoms with E-state index in [1.165, 1.54) is 18.4 Å². The quantitative estimate of drug-likeness (QED) is 0.748. The van der Waals surface area contributed by atoms with E-state index >= 15 is 0 Å². The Bertz CT molecular complexity index is 495. The van der Waals surface area contributed by atoms with Gasteiger partial charge in [-0.15, -0.1) is 0 Å². The van der Waals surface area contributed by atoms with Crippen LogP contribution in [0.15, 0.2) is 34.9 Å². The summed E-state index contributed by atoms with van der Waals surface area (Å²) in [6.07, 6.45) is 6.12. The van der Waals surface area contributed by atoms with Gasteiger partial charge < -0.3 is 10.3 Å². The summed E-state index contributed by atoms with van der Waals surface area (Å²) in [5, 5.41) is 4.01. The van der Waals surface area contributed by atoms with Crippen LogP contribution in [0, 0.1) is 0 Å². The van der Waals surface area contributed by atoms with E-state index in [0.717, 1.165) is 31.5 Å². The molecule has 1 atom stereocenters. The third kappa shape index (κ3) is 4.46.